The standard InChI is InChI=1S/C16H17BrClFN4O2/c1-21-13(12(17)14(18)20)8-7-23(2)16(25)11(8)15(24)22-10-6-4-3-5-9(10)19/h3-6,8,11,20-21H,7H2,1-2H3,(H,22,24)/b13-12+,20-14?/t8?,11-/m0/s1. The van der Waals surface area contributed by atoms with Crippen LogP contribution in [0.3, 0.4) is 0 Å². The van der Waals surface area contributed by atoms with Gasteiger partial charge in [-0.1, -0.05) is 23.7 Å². The largest absolute Gasteiger partial charge is 0.390 e. The fourth-order valence-corrected chi connectivity index (χ4v) is 3.40. The summed E-state index contributed by atoms with van der Waals surface area (Å²) in [7, 11) is 3.20. The summed E-state index contributed by atoms with van der Waals surface area (Å²) in [6.45, 7) is 0.267. The molecule has 0 aliphatic carbocycles. The first-order valence-electron chi connectivity index (χ1n) is 7.40. The minimum absolute atomic E-state index is 0.00717. The molecule has 0 spiro atoms. The highest BCUT2D eigenvalue weighted by Crippen LogP contribution is 2.33. The van der Waals surface area contributed by atoms with Gasteiger partial charge in [0.05, 0.1) is 10.2 Å². The van der Waals surface area contributed by atoms with Crippen LogP contribution in [-0.4, -0.2) is 42.5 Å². The van der Waals surface area contributed by atoms with Crippen molar-refractivity contribution in [1.29, 1.82) is 5.41 Å². The van der Waals surface area contributed by atoms with E-state index in [0.717, 1.165) is 0 Å². The molecule has 1 unspecified atom stereocenters. The Hall–Kier alpha value is -1.93. The highest BCUT2D eigenvalue weighted by atomic mass is 79.9. The van der Waals surface area contributed by atoms with Crippen LogP contribution >= 0.6 is 27.5 Å². The third-order valence-electron chi connectivity index (χ3n) is 4.00. The van der Waals surface area contributed by atoms with E-state index in [1.54, 1.807) is 20.2 Å². The van der Waals surface area contributed by atoms with Crippen LogP contribution in [0.25, 0.3) is 0 Å². The molecule has 1 aliphatic rings. The molecular weight excluding hydrogens is 415 g/mol. The summed E-state index contributed by atoms with van der Waals surface area (Å²) in [5.41, 5.74) is 0.471. The maximum Gasteiger partial charge on any atom is 0.237 e. The van der Waals surface area contributed by atoms with E-state index >= 15 is 0 Å². The van der Waals surface area contributed by atoms with Gasteiger partial charge in [0, 0.05) is 32.3 Å². The predicted octanol–water partition coefficient (Wildman–Crippen LogP) is 2.51. The fourth-order valence-electron chi connectivity index (χ4n) is 2.80. The Morgan fingerprint density at radius 1 is 1.44 bits per heavy atom. The van der Waals surface area contributed by atoms with Crippen molar-refractivity contribution in [1.82, 2.24) is 10.2 Å². The van der Waals surface area contributed by atoms with E-state index in [1.165, 1.54) is 23.1 Å². The van der Waals surface area contributed by atoms with Crippen LogP contribution in [0.1, 0.15) is 0 Å². The van der Waals surface area contributed by atoms with E-state index in [-0.39, 0.29) is 27.8 Å². The van der Waals surface area contributed by atoms with Gasteiger partial charge < -0.3 is 15.5 Å². The highest BCUT2D eigenvalue weighted by Gasteiger charge is 2.46. The van der Waals surface area contributed by atoms with Crippen molar-refractivity contribution in [3.05, 3.63) is 40.3 Å². The second-order valence-electron chi connectivity index (χ2n) is 5.56. The molecule has 0 aromatic heterocycles. The van der Waals surface area contributed by atoms with E-state index < -0.39 is 23.6 Å². The minimum Gasteiger partial charge on any atom is -0.390 e. The molecule has 0 bridgehead atoms. The second-order valence-corrected chi connectivity index (χ2v) is 6.73. The first-order valence-corrected chi connectivity index (χ1v) is 8.57. The van der Waals surface area contributed by atoms with E-state index in [2.05, 4.69) is 26.6 Å². The molecule has 1 saturated heterocycles. The Morgan fingerprint density at radius 2 is 2.08 bits per heavy atom. The topological polar surface area (TPSA) is 85.3 Å². The smallest absolute Gasteiger partial charge is 0.237 e. The minimum atomic E-state index is -1.06. The quantitative estimate of drug-likeness (QED) is 0.495. The monoisotopic (exact) mass is 430 g/mol. The van der Waals surface area contributed by atoms with E-state index in [9.17, 15) is 14.0 Å². The molecule has 1 fully saturated rings. The number of nitrogens with zero attached hydrogens (tertiary/aromatic N) is 1. The number of benzene rings is 1. The van der Waals surface area contributed by atoms with Crippen LogP contribution in [-0.2, 0) is 9.59 Å². The van der Waals surface area contributed by atoms with Crippen molar-refractivity contribution < 1.29 is 14.0 Å². The van der Waals surface area contributed by atoms with E-state index in [4.69, 9.17) is 17.0 Å². The molecule has 134 valence electrons. The zero-order valence-electron chi connectivity index (χ0n) is 13.6. The van der Waals surface area contributed by atoms with Crippen LogP contribution in [0.5, 0.6) is 0 Å². The average molecular weight is 432 g/mol. The van der Waals surface area contributed by atoms with Crippen molar-refractivity contribution in [2.45, 2.75) is 0 Å². The first kappa shape index (κ1) is 19.4. The predicted molar refractivity (Wildman–Crippen MR) is 98.2 cm³/mol. The second kappa shape index (κ2) is 7.97. The van der Waals surface area contributed by atoms with Gasteiger partial charge in [0.2, 0.25) is 11.8 Å². The number of hydrogen-bond acceptors (Lipinski definition) is 4. The number of carbonyl (C=O) groups excluding carboxylic acids is 2. The Bertz CT molecular complexity index is 755. The summed E-state index contributed by atoms with van der Waals surface area (Å²) in [5, 5.41) is 12.7. The van der Waals surface area contributed by atoms with E-state index in [0.29, 0.717) is 5.70 Å². The summed E-state index contributed by atoms with van der Waals surface area (Å²) in [6, 6.07) is 5.74. The molecule has 1 aromatic rings. The van der Waals surface area contributed by atoms with Gasteiger partial charge in [0.15, 0.2) is 0 Å². The van der Waals surface area contributed by atoms with Crippen molar-refractivity contribution in [3.8, 4) is 0 Å². The first-order chi connectivity index (χ1) is 11.8. The Labute approximate surface area is 158 Å². The molecule has 1 heterocycles. The van der Waals surface area contributed by atoms with Gasteiger partial charge in [-0.25, -0.2) is 4.39 Å². The molecule has 1 aromatic carbocycles. The lowest BCUT2D eigenvalue weighted by Gasteiger charge is -2.21. The van der Waals surface area contributed by atoms with Crippen LogP contribution in [0.2, 0.25) is 0 Å². The van der Waals surface area contributed by atoms with Crippen molar-refractivity contribution in [2.75, 3.05) is 26.0 Å². The lowest BCUT2D eigenvalue weighted by molar-refractivity contribution is -0.135. The Morgan fingerprint density at radius 3 is 2.64 bits per heavy atom. The molecule has 2 rings (SSSR count). The molecule has 0 saturated carbocycles. The maximum absolute atomic E-state index is 13.8. The summed E-state index contributed by atoms with van der Waals surface area (Å²) >= 11 is 8.93. The Kier molecular flexibility index (Phi) is 6.18. The van der Waals surface area contributed by atoms with Gasteiger partial charge in [0.25, 0.3) is 0 Å². The molecule has 1 aliphatic heterocycles. The average Bonchev–Trinajstić information content (AvgIpc) is 2.85. The van der Waals surface area contributed by atoms with Crippen LogP contribution in [0, 0.1) is 23.1 Å². The lowest BCUT2D eigenvalue weighted by Crippen LogP contribution is -2.35. The van der Waals surface area contributed by atoms with Gasteiger partial charge in [0.1, 0.15) is 16.9 Å². The number of carbonyl (C=O) groups is 2. The summed E-state index contributed by atoms with van der Waals surface area (Å²) in [6.07, 6.45) is 0. The molecular formula is C16H17BrClFN4O2. The number of allylic oxidation sites excluding steroid dienone is 1. The van der Waals surface area contributed by atoms with Gasteiger partial charge >= 0.3 is 0 Å². The maximum atomic E-state index is 13.8. The molecule has 2 atom stereocenters. The summed E-state index contributed by atoms with van der Waals surface area (Å²) in [5.74, 6) is -3.19. The van der Waals surface area contributed by atoms with Crippen LogP contribution in [0.4, 0.5) is 10.1 Å². The number of likely N-dealkylation sites (tertiary alicyclic amines) is 1. The number of rotatable bonds is 5. The number of amides is 2. The third kappa shape index (κ3) is 4.01. The SMILES string of the molecule is CN/C(=C(/Br)C(=N)Cl)C1CN(C)C(=O)[C@@H]1C(=O)Nc1ccccc1F. The fraction of sp³-hybridized carbons (Fsp3) is 0.312. The van der Waals surface area contributed by atoms with Crippen molar-refractivity contribution in [2.24, 2.45) is 11.8 Å². The molecule has 6 nitrogen and oxygen atoms in total. The molecule has 2 amide bonds. The highest BCUT2D eigenvalue weighted by molar-refractivity contribution is 9.12. The van der Waals surface area contributed by atoms with Crippen molar-refractivity contribution in [3.63, 3.8) is 0 Å². The molecule has 25 heavy (non-hydrogen) atoms. The lowest BCUT2D eigenvalue weighted by atomic mass is 9.91. The number of halogens is 3. The van der Waals surface area contributed by atoms with Gasteiger partial charge in [-0.05, 0) is 28.1 Å². The number of nitrogens with one attached hydrogen (secondary N) is 3. The number of anilines is 1. The number of hydrogen-bond donors (Lipinski definition) is 3. The van der Waals surface area contributed by atoms with Crippen LogP contribution < -0.4 is 10.6 Å². The summed E-state index contributed by atoms with van der Waals surface area (Å²) < 4.78 is 14.1. The third-order valence-corrected chi connectivity index (χ3v) is 5.24. The van der Waals surface area contributed by atoms with Gasteiger partial charge in [-0.3, -0.25) is 15.0 Å². The van der Waals surface area contributed by atoms with Gasteiger partial charge in [-0.2, -0.15) is 0 Å². The molecule has 9 heteroatoms. The zero-order valence-corrected chi connectivity index (χ0v) is 15.9. The normalized spacial score (nSPS) is 21.0. The van der Waals surface area contributed by atoms with Gasteiger partial charge in [-0.15, -0.1) is 0 Å². The summed E-state index contributed by atoms with van der Waals surface area (Å²) in [4.78, 5) is 26.6. The Balaban J connectivity index is 2.36. The van der Waals surface area contributed by atoms with E-state index in [1.807, 2.05) is 0 Å². The molecule has 3 N–H and O–H groups in total. The van der Waals surface area contributed by atoms with Crippen molar-refractivity contribution >= 4 is 50.2 Å². The zero-order chi connectivity index (χ0) is 18.7. The number of para-hydroxylation sites is 1. The van der Waals surface area contributed by atoms with Crippen LogP contribution in [0.15, 0.2) is 34.4 Å². The molecule has 0 radical (unpaired) electrons.